The van der Waals surface area contributed by atoms with Crippen LogP contribution in [0.15, 0.2) is 48.5 Å². The van der Waals surface area contributed by atoms with Crippen molar-refractivity contribution < 1.29 is 24.0 Å². The van der Waals surface area contributed by atoms with Gasteiger partial charge in [-0.3, -0.25) is 19.3 Å². The minimum Gasteiger partial charge on any atom is -0.370 e. The lowest BCUT2D eigenvalue weighted by molar-refractivity contribution is -0.937. The molecule has 1 saturated heterocycles. The van der Waals surface area contributed by atoms with Gasteiger partial charge in [0.15, 0.2) is 0 Å². The lowest BCUT2D eigenvalue weighted by Crippen LogP contribution is -3.15. The molecule has 0 aromatic heterocycles. The third-order valence-electron chi connectivity index (χ3n) is 6.05. The Balaban J connectivity index is 1.35. The van der Waals surface area contributed by atoms with Crippen molar-refractivity contribution in [1.82, 2.24) is 10.2 Å². The van der Waals surface area contributed by atoms with Crippen LogP contribution in [-0.4, -0.2) is 62.0 Å². The summed E-state index contributed by atoms with van der Waals surface area (Å²) in [5, 5.41) is 3.02. The Hall–Kier alpha value is -3.03. The zero-order valence-corrected chi connectivity index (χ0v) is 17.7. The first kappa shape index (κ1) is 21.2. The number of rotatable bonds is 7. The average molecular weight is 423 g/mol. The molecule has 2 heterocycles. The molecule has 2 aromatic rings. The van der Waals surface area contributed by atoms with Crippen molar-refractivity contribution in [3.63, 3.8) is 0 Å². The normalized spacial score (nSPS) is 17.5. The molecular weight excluding hydrogens is 394 g/mol. The lowest BCUT2D eigenvalue weighted by atomic mass is 10.0. The maximum Gasteiger partial charge on any atom is 0.261 e. The van der Waals surface area contributed by atoms with E-state index < -0.39 is 0 Å². The van der Waals surface area contributed by atoms with E-state index in [1.54, 1.807) is 24.3 Å². The third kappa shape index (κ3) is 4.68. The number of fused-ring (bicyclic) bond motifs is 1. The fourth-order valence-electron chi connectivity index (χ4n) is 4.24. The number of nitrogens with one attached hydrogen (secondary N) is 2. The van der Waals surface area contributed by atoms with Crippen LogP contribution in [0.3, 0.4) is 0 Å². The number of benzene rings is 2. The Morgan fingerprint density at radius 3 is 2.26 bits per heavy atom. The summed E-state index contributed by atoms with van der Waals surface area (Å²) in [6.45, 7) is 5.85. The van der Waals surface area contributed by atoms with Crippen LogP contribution in [0.4, 0.5) is 0 Å². The number of amides is 3. The van der Waals surface area contributed by atoms with Gasteiger partial charge in [-0.15, -0.1) is 0 Å². The van der Waals surface area contributed by atoms with Crippen molar-refractivity contribution in [3.8, 4) is 0 Å². The molecule has 0 bridgehead atoms. The van der Waals surface area contributed by atoms with Crippen molar-refractivity contribution in [2.45, 2.75) is 19.4 Å². The molecule has 1 fully saturated rings. The van der Waals surface area contributed by atoms with E-state index >= 15 is 0 Å². The molecule has 0 unspecified atom stereocenters. The van der Waals surface area contributed by atoms with Crippen LogP contribution in [0.25, 0.3) is 0 Å². The Kier molecular flexibility index (Phi) is 6.44. The number of aryl methyl sites for hydroxylation is 1. The van der Waals surface area contributed by atoms with E-state index in [1.807, 2.05) is 0 Å². The van der Waals surface area contributed by atoms with Crippen molar-refractivity contribution >= 4 is 17.7 Å². The Morgan fingerprint density at radius 1 is 1.03 bits per heavy atom. The molecule has 0 saturated carbocycles. The first-order valence-corrected chi connectivity index (χ1v) is 10.8. The fraction of sp³-hybridized carbons (Fsp3) is 0.375. The number of ether oxygens (including phenoxy) is 1. The summed E-state index contributed by atoms with van der Waals surface area (Å²) < 4.78 is 5.50. The molecule has 0 spiro atoms. The zero-order valence-electron chi connectivity index (χ0n) is 17.7. The summed E-state index contributed by atoms with van der Waals surface area (Å²) in [5.41, 5.74) is 3.19. The maximum absolute atomic E-state index is 12.6. The second-order valence-electron chi connectivity index (χ2n) is 8.10. The SMILES string of the molecule is Cc1ccc([C@H](CNC(=O)CCN2C(=O)c3ccccc3C2=O)[NH+]2CCOCC2)cc1. The van der Waals surface area contributed by atoms with Gasteiger partial charge in [0.1, 0.15) is 19.1 Å². The van der Waals surface area contributed by atoms with E-state index in [-0.39, 0.29) is 36.7 Å². The van der Waals surface area contributed by atoms with E-state index in [2.05, 4.69) is 36.5 Å². The molecule has 2 aliphatic heterocycles. The highest BCUT2D eigenvalue weighted by molar-refractivity contribution is 6.21. The number of morpholine rings is 1. The molecule has 31 heavy (non-hydrogen) atoms. The third-order valence-corrected chi connectivity index (χ3v) is 6.05. The van der Waals surface area contributed by atoms with E-state index in [4.69, 9.17) is 4.74 Å². The van der Waals surface area contributed by atoms with E-state index in [9.17, 15) is 14.4 Å². The molecule has 7 nitrogen and oxygen atoms in total. The standard InChI is InChI=1S/C24H27N3O4/c1-17-6-8-18(9-7-17)21(26-12-14-31-15-13-26)16-25-22(28)10-11-27-23(29)19-4-2-3-5-20(19)24(27)30/h2-9,21H,10-16H2,1H3,(H,25,28)/p+1/t21-/m0/s1. The second kappa shape index (κ2) is 9.41. The first-order valence-electron chi connectivity index (χ1n) is 10.8. The summed E-state index contributed by atoms with van der Waals surface area (Å²) >= 11 is 0. The fourth-order valence-corrected chi connectivity index (χ4v) is 4.24. The van der Waals surface area contributed by atoms with Crippen molar-refractivity contribution in [2.75, 3.05) is 39.4 Å². The number of quaternary nitrogens is 1. The maximum atomic E-state index is 12.6. The number of hydrogen-bond donors (Lipinski definition) is 2. The quantitative estimate of drug-likeness (QED) is 0.646. The van der Waals surface area contributed by atoms with Gasteiger partial charge in [0.05, 0.1) is 30.9 Å². The molecule has 1 atom stereocenters. The van der Waals surface area contributed by atoms with Crippen molar-refractivity contribution in [1.29, 1.82) is 0 Å². The smallest absolute Gasteiger partial charge is 0.261 e. The predicted octanol–water partition coefficient (Wildman–Crippen LogP) is 0.754. The number of carbonyl (C=O) groups is 3. The van der Waals surface area contributed by atoms with Crippen LogP contribution in [-0.2, 0) is 9.53 Å². The lowest BCUT2D eigenvalue weighted by Gasteiger charge is -2.32. The molecule has 3 amide bonds. The average Bonchev–Trinajstić information content (AvgIpc) is 3.04. The van der Waals surface area contributed by atoms with E-state index in [1.165, 1.54) is 16.0 Å². The molecule has 2 N–H and O–H groups in total. The van der Waals surface area contributed by atoms with Gasteiger partial charge in [-0.25, -0.2) is 0 Å². The molecule has 0 radical (unpaired) electrons. The molecule has 7 heteroatoms. The molecule has 2 aliphatic rings. The zero-order chi connectivity index (χ0) is 21.8. The van der Waals surface area contributed by atoms with Gasteiger partial charge >= 0.3 is 0 Å². The summed E-state index contributed by atoms with van der Waals surface area (Å²) in [5.74, 6) is -0.825. The van der Waals surface area contributed by atoms with Crippen LogP contribution in [0.2, 0.25) is 0 Å². The highest BCUT2D eigenvalue weighted by Crippen LogP contribution is 2.22. The minimum atomic E-state index is -0.330. The summed E-state index contributed by atoms with van der Waals surface area (Å²) in [4.78, 5) is 40.0. The number of nitrogens with zero attached hydrogens (tertiary/aromatic N) is 1. The molecule has 4 rings (SSSR count). The van der Waals surface area contributed by atoms with Gasteiger partial charge in [0.2, 0.25) is 5.91 Å². The van der Waals surface area contributed by atoms with Gasteiger partial charge in [0.25, 0.3) is 11.8 Å². The van der Waals surface area contributed by atoms with Crippen LogP contribution in [0, 0.1) is 6.92 Å². The molecule has 2 aromatic carbocycles. The van der Waals surface area contributed by atoms with Gasteiger partial charge < -0.3 is 15.0 Å². The number of imide groups is 1. The van der Waals surface area contributed by atoms with Crippen molar-refractivity contribution in [3.05, 3.63) is 70.8 Å². The highest BCUT2D eigenvalue weighted by atomic mass is 16.5. The first-order chi connectivity index (χ1) is 15.0. The monoisotopic (exact) mass is 422 g/mol. The molecule has 162 valence electrons. The Labute approximate surface area is 182 Å². The highest BCUT2D eigenvalue weighted by Gasteiger charge is 2.35. The minimum absolute atomic E-state index is 0.0811. The largest absolute Gasteiger partial charge is 0.370 e. The van der Waals surface area contributed by atoms with Gasteiger partial charge in [-0.2, -0.15) is 0 Å². The van der Waals surface area contributed by atoms with Gasteiger partial charge in [-0.05, 0) is 19.1 Å². The molecule has 0 aliphatic carbocycles. The van der Waals surface area contributed by atoms with Crippen LogP contribution in [0.1, 0.15) is 44.3 Å². The second-order valence-corrected chi connectivity index (χ2v) is 8.10. The van der Waals surface area contributed by atoms with E-state index in [0.717, 1.165) is 18.0 Å². The van der Waals surface area contributed by atoms with Crippen molar-refractivity contribution in [2.24, 2.45) is 0 Å². The van der Waals surface area contributed by atoms with Gasteiger partial charge in [0, 0.05) is 18.5 Å². The number of hydrogen-bond acceptors (Lipinski definition) is 4. The number of carbonyl (C=O) groups excluding carboxylic acids is 3. The summed E-state index contributed by atoms with van der Waals surface area (Å²) in [7, 11) is 0. The summed E-state index contributed by atoms with van der Waals surface area (Å²) in [6.07, 6.45) is 0.0878. The van der Waals surface area contributed by atoms with E-state index in [0.29, 0.717) is 30.9 Å². The van der Waals surface area contributed by atoms with Crippen LogP contribution in [0.5, 0.6) is 0 Å². The Morgan fingerprint density at radius 2 is 1.65 bits per heavy atom. The Bertz CT molecular complexity index is 932. The van der Waals surface area contributed by atoms with Crippen LogP contribution >= 0.6 is 0 Å². The summed E-state index contributed by atoms with van der Waals surface area (Å²) in [6, 6.07) is 15.3. The van der Waals surface area contributed by atoms with Gasteiger partial charge in [-0.1, -0.05) is 42.0 Å². The van der Waals surface area contributed by atoms with Crippen LogP contribution < -0.4 is 10.2 Å². The predicted molar refractivity (Wildman–Crippen MR) is 115 cm³/mol. The molecular formula is C24H28N3O4+. The topological polar surface area (TPSA) is 80.2 Å².